The van der Waals surface area contributed by atoms with Gasteiger partial charge in [-0.2, -0.15) is 0 Å². The van der Waals surface area contributed by atoms with Gasteiger partial charge in [0.2, 0.25) is 5.16 Å². The molecule has 0 spiro atoms. The van der Waals surface area contributed by atoms with Crippen LogP contribution in [0.2, 0.25) is 0 Å². The summed E-state index contributed by atoms with van der Waals surface area (Å²) < 4.78 is 23.2. The highest BCUT2D eigenvalue weighted by atomic mass is 32.2. The van der Waals surface area contributed by atoms with Gasteiger partial charge in [0.15, 0.2) is 0 Å². The second-order valence-corrected chi connectivity index (χ2v) is 6.64. The van der Waals surface area contributed by atoms with Crippen LogP contribution in [0.4, 0.5) is 0 Å². The third-order valence-corrected chi connectivity index (χ3v) is 3.70. The van der Waals surface area contributed by atoms with E-state index in [2.05, 4.69) is 20.8 Å². The Hall–Kier alpha value is -0.670. The van der Waals surface area contributed by atoms with Crippen LogP contribution in [-0.4, -0.2) is 59.5 Å². The largest absolute Gasteiger partial charge is 0.315 e. The number of hydrogen-bond acceptors (Lipinski definition) is 7. The van der Waals surface area contributed by atoms with Crippen molar-refractivity contribution in [1.29, 1.82) is 0 Å². The van der Waals surface area contributed by atoms with Crippen molar-refractivity contribution in [3.05, 3.63) is 0 Å². The molecule has 0 saturated heterocycles. The zero-order valence-corrected chi connectivity index (χ0v) is 10.9. The molecule has 0 aromatic carbocycles. The Labute approximate surface area is 98.9 Å². The SMILES string of the molecule is Cn1nnnc1SCCNCCS(C)(=O)=O. The number of nitrogens with zero attached hydrogens (tertiary/aromatic N) is 4. The van der Waals surface area contributed by atoms with Crippen LogP contribution in [-0.2, 0) is 16.9 Å². The number of sulfone groups is 1. The minimum atomic E-state index is -2.87. The number of rotatable bonds is 7. The van der Waals surface area contributed by atoms with Crippen molar-refractivity contribution in [3.8, 4) is 0 Å². The summed E-state index contributed by atoms with van der Waals surface area (Å²) in [5, 5.41) is 14.8. The van der Waals surface area contributed by atoms with Gasteiger partial charge in [0.25, 0.3) is 0 Å². The number of thioether (sulfide) groups is 1. The second kappa shape index (κ2) is 6.16. The van der Waals surface area contributed by atoms with E-state index >= 15 is 0 Å². The molecule has 0 aliphatic carbocycles. The molecule has 0 unspecified atom stereocenters. The summed E-state index contributed by atoms with van der Waals surface area (Å²) in [6.07, 6.45) is 1.23. The minimum absolute atomic E-state index is 0.170. The van der Waals surface area contributed by atoms with E-state index in [0.717, 1.165) is 17.5 Å². The van der Waals surface area contributed by atoms with Gasteiger partial charge in [-0.1, -0.05) is 11.8 Å². The Morgan fingerprint density at radius 3 is 2.75 bits per heavy atom. The van der Waals surface area contributed by atoms with E-state index in [1.807, 2.05) is 0 Å². The van der Waals surface area contributed by atoms with Crippen molar-refractivity contribution < 1.29 is 8.42 Å². The second-order valence-electron chi connectivity index (χ2n) is 3.31. The van der Waals surface area contributed by atoms with Gasteiger partial charge in [0.1, 0.15) is 9.84 Å². The van der Waals surface area contributed by atoms with Crippen molar-refractivity contribution in [2.75, 3.05) is 30.9 Å². The average molecular weight is 265 g/mol. The van der Waals surface area contributed by atoms with Crippen molar-refractivity contribution in [1.82, 2.24) is 25.5 Å². The average Bonchev–Trinajstić information content (AvgIpc) is 2.56. The van der Waals surface area contributed by atoms with Crippen LogP contribution in [0.15, 0.2) is 5.16 Å². The predicted octanol–water partition coefficient (Wildman–Crippen LogP) is -1.06. The van der Waals surface area contributed by atoms with Crippen LogP contribution in [0.5, 0.6) is 0 Å². The minimum Gasteiger partial charge on any atom is -0.315 e. The Morgan fingerprint density at radius 1 is 1.44 bits per heavy atom. The Balaban J connectivity index is 2.07. The number of aromatic nitrogens is 4. The molecule has 9 heteroatoms. The maximum absolute atomic E-state index is 10.8. The molecule has 1 aromatic rings. The maximum Gasteiger partial charge on any atom is 0.209 e. The van der Waals surface area contributed by atoms with Crippen molar-refractivity contribution >= 4 is 21.6 Å². The van der Waals surface area contributed by atoms with E-state index in [-0.39, 0.29) is 5.75 Å². The summed E-state index contributed by atoms with van der Waals surface area (Å²) in [4.78, 5) is 0. The number of tetrazole rings is 1. The fraction of sp³-hybridized carbons (Fsp3) is 0.857. The molecule has 1 heterocycles. The monoisotopic (exact) mass is 265 g/mol. The molecular weight excluding hydrogens is 250 g/mol. The third-order valence-electron chi connectivity index (χ3n) is 1.74. The van der Waals surface area contributed by atoms with Crippen LogP contribution in [0.25, 0.3) is 0 Å². The van der Waals surface area contributed by atoms with Gasteiger partial charge in [-0.15, -0.1) is 5.10 Å². The molecular formula is C7H15N5O2S2. The number of nitrogens with one attached hydrogen (secondary N) is 1. The van der Waals surface area contributed by atoms with E-state index in [1.54, 1.807) is 11.7 Å². The first kappa shape index (κ1) is 13.4. The zero-order chi connectivity index (χ0) is 12.0. The molecule has 1 N–H and O–H groups in total. The number of aryl methyl sites for hydroxylation is 1. The van der Waals surface area contributed by atoms with E-state index in [9.17, 15) is 8.42 Å². The van der Waals surface area contributed by atoms with E-state index in [1.165, 1.54) is 18.0 Å². The number of hydrogen-bond donors (Lipinski definition) is 1. The highest BCUT2D eigenvalue weighted by Gasteiger charge is 2.03. The van der Waals surface area contributed by atoms with E-state index < -0.39 is 9.84 Å². The summed E-state index contributed by atoms with van der Waals surface area (Å²) in [5.74, 6) is 0.973. The van der Waals surface area contributed by atoms with Crippen molar-refractivity contribution in [2.45, 2.75) is 5.16 Å². The van der Waals surface area contributed by atoms with Gasteiger partial charge < -0.3 is 5.32 Å². The van der Waals surface area contributed by atoms with Gasteiger partial charge in [0, 0.05) is 32.1 Å². The lowest BCUT2D eigenvalue weighted by Gasteiger charge is -2.02. The summed E-state index contributed by atoms with van der Waals surface area (Å²) in [7, 11) is -1.09. The van der Waals surface area contributed by atoms with Crippen LogP contribution in [0.3, 0.4) is 0 Å². The van der Waals surface area contributed by atoms with Gasteiger partial charge in [-0.25, -0.2) is 13.1 Å². The van der Waals surface area contributed by atoms with Crippen LogP contribution in [0, 0.1) is 0 Å². The molecule has 1 aromatic heterocycles. The lowest BCUT2D eigenvalue weighted by Crippen LogP contribution is -2.24. The zero-order valence-electron chi connectivity index (χ0n) is 9.25. The molecule has 0 aliphatic rings. The van der Waals surface area contributed by atoms with E-state index in [0.29, 0.717) is 6.54 Å². The van der Waals surface area contributed by atoms with Crippen molar-refractivity contribution in [3.63, 3.8) is 0 Å². The van der Waals surface area contributed by atoms with Gasteiger partial charge in [-0.3, -0.25) is 0 Å². The molecule has 0 radical (unpaired) electrons. The quantitative estimate of drug-likeness (QED) is 0.496. The molecule has 0 aliphatic heterocycles. The smallest absolute Gasteiger partial charge is 0.209 e. The maximum atomic E-state index is 10.8. The standard InChI is InChI=1S/C7H15N5O2S2/c1-12-7(9-10-11-12)15-5-3-8-4-6-16(2,13)14/h8H,3-6H2,1-2H3. The summed E-state index contributed by atoms with van der Waals surface area (Å²) in [5.41, 5.74) is 0. The van der Waals surface area contributed by atoms with Crippen molar-refractivity contribution in [2.24, 2.45) is 7.05 Å². The first-order chi connectivity index (χ1) is 7.49. The Kier molecular flexibility index (Phi) is 5.16. The predicted molar refractivity (Wildman–Crippen MR) is 62.1 cm³/mol. The molecule has 0 atom stereocenters. The molecule has 0 amide bonds. The van der Waals surface area contributed by atoms with Gasteiger partial charge in [-0.05, 0) is 10.4 Å². The molecule has 0 bridgehead atoms. The highest BCUT2D eigenvalue weighted by Crippen LogP contribution is 2.10. The van der Waals surface area contributed by atoms with Crippen LogP contribution >= 0.6 is 11.8 Å². The van der Waals surface area contributed by atoms with Gasteiger partial charge in [0.05, 0.1) is 5.75 Å². The third kappa shape index (κ3) is 5.42. The van der Waals surface area contributed by atoms with E-state index in [4.69, 9.17) is 0 Å². The first-order valence-corrected chi connectivity index (χ1v) is 7.77. The summed E-state index contributed by atoms with van der Waals surface area (Å²) in [6.45, 7) is 1.21. The Bertz CT molecular complexity index is 416. The molecule has 7 nitrogen and oxygen atoms in total. The van der Waals surface area contributed by atoms with Crippen LogP contribution < -0.4 is 5.32 Å². The van der Waals surface area contributed by atoms with Crippen LogP contribution in [0.1, 0.15) is 0 Å². The molecule has 0 saturated carbocycles. The lowest BCUT2D eigenvalue weighted by molar-refractivity contribution is 0.598. The molecule has 92 valence electrons. The van der Waals surface area contributed by atoms with Gasteiger partial charge >= 0.3 is 0 Å². The summed E-state index contributed by atoms with van der Waals surface area (Å²) >= 11 is 1.53. The first-order valence-electron chi connectivity index (χ1n) is 4.72. The fourth-order valence-corrected chi connectivity index (χ4v) is 2.20. The molecule has 1 rings (SSSR count). The fourth-order valence-electron chi connectivity index (χ4n) is 0.941. The normalized spacial score (nSPS) is 11.9. The lowest BCUT2D eigenvalue weighted by atomic mass is 10.7. The summed E-state index contributed by atoms with van der Waals surface area (Å²) in [6, 6.07) is 0. The molecule has 0 fully saturated rings. The Morgan fingerprint density at radius 2 is 2.19 bits per heavy atom. The highest BCUT2D eigenvalue weighted by molar-refractivity contribution is 7.99. The topological polar surface area (TPSA) is 89.8 Å². The molecule has 16 heavy (non-hydrogen) atoms.